The molecular weight excluding hydrogens is 284 g/mol. The van der Waals surface area contributed by atoms with Crippen LogP contribution in [0, 0.1) is 0 Å². The largest absolute Gasteiger partial charge is 0.458 e. The van der Waals surface area contributed by atoms with Crippen LogP contribution in [0.5, 0.6) is 6.01 Å². The topological polar surface area (TPSA) is 84.4 Å². The van der Waals surface area contributed by atoms with Crippen molar-refractivity contribution in [3.05, 3.63) is 17.4 Å². The Bertz CT molecular complexity index is 494. The zero-order valence-corrected chi connectivity index (χ0v) is 11.8. The fourth-order valence-corrected chi connectivity index (χ4v) is 1.97. The van der Waals surface area contributed by atoms with E-state index in [1.165, 1.54) is 19.3 Å². The highest BCUT2D eigenvalue weighted by atomic mass is 35.5. The highest BCUT2D eigenvalue weighted by Crippen LogP contribution is 2.15. The van der Waals surface area contributed by atoms with E-state index in [1.807, 2.05) is 0 Å². The number of nitrogens with zero attached hydrogens (tertiary/aromatic N) is 3. The molecule has 20 heavy (non-hydrogen) atoms. The lowest BCUT2D eigenvalue weighted by atomic mass is 10.3. The molecule has 1 aromatic rings. The van der Waals surface area contributed by atoms with Crippen LogP contribution in [0.1, 0.15) is 13.3 Å². The van der Waals surface area contributed by atoms with Crippen LogP contribution in [0.15, 0.2) is 12.4 Å². The average Bonchev–Trinajstić information content (AvgIpc) is 2.87. The standard InChI is InChI=1S/C12H15ClN4O3/c1-8(18)14-6-11(19)17-3-2-10(7-17)20-12-15-4-9(13)5-16-12/h4-5,10H,2-3,6-7H2,1H3,(H,14,18). The Balaban J connectivity index is 1.81. The van der Waals surface area contributed by atoms with E-state index < -0.39 is 0 Å². The van der Waals surface area contributed by atoms with Crippen molar-refractivity contribution in [1.82, 2.24) is 20.2 Å². The zero-order chi connectivity index (χ0) is 14.5. The van der Waals surface area contributed by atoms with Gasteiger partial charge in [-0.1, -0.05) is 11.6 Å². The molecule has 1 aromatic heterocycles. The molecule has 2 rings (SSSR count). The molecule has 108 valence electrons. The lowest BCUT2D eigenvalue weighted by Gasteiger charge is -2.16. The number of amides is 2. The van der Waals surface area contributed by atoms with Crippen LogP contribution in [-0.4, -0.2) is 52.4 Å². The fraction of sp³-hybridized carbons (Fsp3) is 0.500. The van der Waals surface area contributed by atoms with E-state index in [1.54, 1.807) is 4.90 Å². The molecule has 1 aliphatic rings. The van der Waals surface area contributed by atoms with Crippen LogP contribution >= 0.6 is 11.6 Å². The summed E-state index contributed by atoms with van der Waals surface area (Å²) >= 11 is 5.69. The highest BCUT2D eigenvalue weighted by Gasteiger charge is 2.28. The van der Waals surface area contributed by atoms with Crippen molar-refractivity contribution in [2.45, 2.75) is 19.4 Å². The van der Waals surface area contributed by atoms with Gasteiger partial charge < -0.3 is 15.0 Å². The first-order valence-electron chi connectivity index (χ1n) is 6.21. The van der Waals surface area contributed by atoms with Crippen molar-refractivity contribution in [3.63, 3.8) is 0 Å². The molecule has 1 aliphatic heterocycles. The molecule has 1 N–H and O–H groups in total. The third-order valence-electron chi connectivity index (χ3n) is 2.85. The molecule has 1 unspecified atom stereocenters. The second-order valence-electron chi connectivity index (χ2n) is 4.46. The van der Waals surface area contributed by atoms with Crippen LogP contribution in [0.25, 0.3) is 0 Å². The summed E-state index contributed by atoms with van der Waals surface area (Å²) in [4.78, 5) is 32.1. The lowest BCUT2D eigenvalue weighted by molar-refractivity contribution is -0.131. The lowest BCUT2D eigenvalue weighted by Crippen LogP contribution is -2.39. The van der Waals surface area contributed by atoms with Gasteiger partial charge in [-0.3, -0.25) is 9.59 Å². The minimum Gasteiger partial charge on any atom is -0.458 e. The molecule has 0 bridgehead atoms. The van der Waals surface area contributed by atoms with Crippen molar-refractivity contribution < 1.29 is 14.3 Å². The molecule has 1 atom stereocenters. The van der Waals surface area contributed by atoms with E-state index >= 15 is 0 Å². The number of nitrogens with one attached hydrogen (secondary N) is 1. The number of hydrogen-bond acceptors (Lipinski definition) is 5. The maximum Gasteiger partial charge on any atom is 0.316 e. The molecule has 0 radical (unpaired) electrons. The van der Waals surface area contributed by atoms with E-state index in [9.17, 15) is 9.59 Å². The van der Waals surface area contributed by atoms with Gasteiger partial charge in [-0.2, -0.15) is 0 Å². The monoisotopic (exact) mass is 298 g/mol. The zero-order valence-electron chi connectivity index (χ0n) is 11.0. The molecule has 2 heterocycles. The first-order chi connectivity index (χ1) is 9.54. The number of carbonyl (C=O) groups is 2. The molecule has 7 nitrogen and oxygen atoms in total. The van der Waals surface area contributed by atoms with Gasteiger partial charge >= 0.3 is 6.01 Å². The number of ether oxygens (including phenoxy) is 1. The Labute approximate surface area is 121 Å². The number of halogens is 1. The summed E-state index contributed by atoms with van der Waals surface area (Å²) in [7, 11) is 0. The first-order valence-corrected chi connectivity index (χ1v) is 6.59. The Hall–Kier alpha value is -1.89. The van der Waals surface area contributed by atoms with Crippen molar-refractivity contribution in [2.24, 2.45) is 0 Å². The van der Waals surface area contributed by atoms with Gasteiger partial charge in [0.25, 0.3) is 0 Å². The van der Waals surface area contributed by atoms with Crippen LogP contribution in [0.3, 0.4) is 0 Å². The smallest absolute Gasteiger partial charge is 0.316 e. The summed E-state index contributed by atoms with van der Waals surface area (Å²) in [6.45, 7) is 2.45. The maximum atomic E-state index is 11.8. The van der Waals surface area contributed by atoms with Gasteiger partial charge in [0.1, 0.15) is 6.10 Å². The second-order valence-corrected chi connectivity index (χ2v) is 4.90. The van der Waals surface area contributed by atoms with Crippen LogP contribution in [0.4, 0.5) is 0 Å². The Morgan fingerprint density at radius 1 is 1.50 bits per heavy atom. The van der Waals surface area contributed by atoms with E-state index in [0.717, 1.165) is 0 Å². The minimum atomic E-state index is -0.222. The third-order valence-corrected chi connectivity index (χ3v) is 3.05. The van der Waals surface area contributed by atoms with Crippen molar-refractivity contribution >= 4 is 23.4 Å². The fourth-order valence-electron chi connectivity index (χ4n) is 1.87. The molecule has 0 aliphatic carbocycles. The summed E-state index contributed by atoms with van der Waals surface area (Å²) in [6, 6.07) is 0.246. The molecule has 1 fully saturated rings. The highest BCUT2D eigenvalue weighted by molar-refractivity contribution is 6.30. The SMILES string of the molecule is CC(=O)NCC(=O)N1CCC(Oc2ncc(Cl)cn2)C1. The quantitative estimate of drug-likeness (QED) is 0.861. The van der Waals surface area contributed by atoms with Gasteiger partial charge in [0.15, 0.2) is 0 Å². The normalized spacial score (nSPS) is 17.9. The van der Waals surface area contributed by atoms with Gasteiger partial charge in [-0.05, 0) is 0 Å². The molecule has 1 saturated heterocycles. The third kappa shape index (κ3) is 4.06. The summed E-state index contributed by atoms with van der Waals surface area (Å²) < 4.78 is 5.57. The van der Waals surface area contributed by atoms with Crippen molar-refractivity contribution in [3.8, 4) is 6.01 Å². The molecule has 2 amide bonds. The molecule has 0 spiro atoms. The van der Waals surface area contributed by atoms with E-state index in [4.69, 9.17) is 16.3 Å². The number of hydrogen-bond donors (Lipinski definition) is 1. The van der Waals surface area contributed by atoms with Crippen LogP contribution in [-0.2, 0) is 9.59 Å². The molecule has 0 saturated carbocycles. The van der Waals surface area contributed by atoms with Gasteiger partial charge in [-0.15, -0.1) is 0 Å². The van der Waals surface area contributed by atoms with Crippen LogP contribution < -0.4 is 10.1 Å². The van der Waals surface area contributed by atoms with Crippen molar-refractivity contribution in [1.29, 1.82) is 0 Å². The summed E-state index contributed by atoms with van der Waals surface area (Å²) in [5.41, 5.74) is 0. The van der Waals surface area contributed by atoms with Crippen molar-refractivity contribution in [2.75, 3.05) is 19.6 Å². The van der Waals surface area contributed by atoms with Gasteiger partial charge in [0, 0.05) is 19.9 Å². The van der Waals surface area contributed by atoms with E-state index in [-0.39, 0.29) is 30.5 Å². The first kappa shape index (κ1) is 14.5. The predicted octanol–water partition coefficient (Wildman–Crippen LogP) is 0.246. The average molecular weight is 299 g/mol. The van der Waals surface area contributed by atoms with Gasteiger partial charge in [-0.25, -0.2) is 9.97 Å². The predicted molar refractivity (Wildman–Crippen MR) is 71.3 cm³/mol. The number of rotatable bonds is 4. The number of carbonyl (C=O) groups excluding carboxylic acids is 2. The van der Waals surface area contributed by atoms with E-state index in [0.29, 0.717) is 24.5 Å². The molecular formula is C12H15ClN4O3. The number of likely N-dealkylation sites (tertiary alicyclic amines) is 1. The molecule has 8 heteroatoms. The minimum absolute atomic E-state index is 0.0134. The second kappa shape index (κ2) is 6.51. The Morgan fingerprint density at radius 3 is 2.85 bits per heavy atom. The van der Waals surface area contributed by atoms with Gasteiger partial charge in [0.2, 0.25) is 11.8 Å². The van der Waals surface area contributed by atoms with Crippen LogP contribution in [0.2, 0.25) is 5.02 Å². The summed E-state index contributed by atoms with van der Waals surface area (Å²) in [5, 5.41) is 2.92. The summed E-state index contributed by atoms with van der Waals surface area (Å²) in [6.07, 6.45) is 3.48. The van der Waals surface area contributed by atoms with Gasteiger partial charge in [0.05, 0.1) is 30.5 Å². The number of aromatic nitrogens is 2. The maximum absolute atomic E-state index is 11.8. The summed E-state index contributed by atoms with van der Waals surface area (Å²) in [5.74, 6) is -0.344. The Morgan fingerprint density at radius 2 is 2.20 bits per heavy atom. The Kier molecular flexibility index (Phi) is 4.73. The van der Waals surface area contributed by atoms with E-state index in [2.05, 4.69) is 15.3 Å². The molecule has 0 aromatic carbocycles.